The highest BCUT2D eigenvalue weighted by Gasteiger charge is 2.39. The van der Waals surface area contributed by atoms with Crippen LogP contribution in [0.3, 0.4) is 0 Å². The van der Waals surface area contributed by atoms with E-state index in [4.69, 9.17) is 28.2 Å². The molecule has 11 heteroatoms. The number of H-pyrrole nitrogens is 1. The van der Waals surface area contributed by atoms with E-state index in [1.54, 1.807) is 0 Å². The van der Waals surface area contributed by atoms with E-state index in [9.17, 15) is 0 Å². The fourth-order valence-corrected chi connectivity index (χ4v) is 6.22. The number of aromatic nitrogens is 6. The van der Waals surface area contributed by atoms with Crippen molar-refractivity contribution in [1.82, 2.24) is 45.7 Å². The Balaban J connectivity index is 1.39. The molecule has 4 aromatic rings. The Hall–Kier alpha value is -2.56. The van der Waals surface area contributed by atoms with Crippen LogP contribution in [0.15, 0.2) is 42.5 Å². The van der Waals surface area contributed by atoms with Gasteiger partial charge in [-0.05, 0) is 67.9 Å². The SMILES string of the molecule is CC(C1NCCC1c1ccc(Cl)c(Cl)c1)N1CCCNCC1c1nc2ccccc2n1-c1nn[nH]n1. The van der Waals surface area contributed by atoms with Crippen molar-refractivity contribution in [2.75, 3.05) is 26.2 Å². The summed E-state index contributed by atoms with van der Waals surface area (Å²) in [5.74, 6) is 1.77. The van der Waals surface area contributed by atoms with Crippen LogP contribution in [0.2, 0.25) is 10.0 Å². The number of fused-ring (bicyclic) bond motifs is 1. The fraction of sp³-hybridized carbons (Fsp3) is 0.440. The first-order valence-electron chi connectivity index (χ1n) is 12.5. The highest BCUT2D eigenvalue weighted by Crippen LogP contribution is 2.37. The van der Waals surface area contributed by atoms with Gasteiger partial charge in [0.05, 0.1) is 27.1 Å². The van der Waals surface area contributed by atoms with Gasteiger partial charge in [0.2, 0.25) is 0 Å². The molecule has 2 aliphatic heterocycles. The maximum Gasteiger partial charge on any atom is 0.275 e. The lowest BCUT2D eigenvalue weighted by Gasteiger charge is -2.39. The Morgan fingerprint density at radius 1 is 1.08 bits per heavy atom. The minimum Gasteiger partial charge on any atom is -0.315 e. The summed E-state index contributed by atoms with van der Waals surface area (Å²) in [7, 11) is 0. The van der Waals surface area contributed by atoms with E-state index in [1.807, 2.05) is 34.9 Å². The molecule has 0 radical (unpaired) electrons. The fourth-order valence-electron chi connectivity index (χ4n) is 5.91. The number of rotatable bonds is 5. The number of halogens is 2. The molecule has 36 heavy (non-hydrogen) atoms. The Kier molecular flexibility index (Phi) is 6.66. The molecule has 188 valence electrons. The zero-order valence-electron chi connectivity index (χ0n) is 20.0. The molecule has 0 saturated carbocycles. The molecule has 2 aromatic carbocycles. The Labute approximate surface area is 219 Å². The molecule has 3 N–H and O–H groups in total. The molecule has 9 nitrogen and oxygen atoms in total. The normalized spacial score (nSPS) is 24.2. The molecule has 0 aliphatic carbocycles. The number of tetrazole rings is 1. The van der Waals surface area contributed by atoms with Crippen molar-refractivity contribution in [2.24, 2.45) is 0 Å². The van der Waals surface area contributed by atoms with Crippen LogP contribution in [0.5, 0.6) is 0 Å². The van der Waals surface area contributed by atoms with Gasteiger partial charge in [-0.3, -0.25) is 9.47 Å². The van der Waals surface area contributed by atoms with Crippen LogP contribution in [-0.4, -0.2) is 73.3 Å². The third kappa shape index (κ3) is 4.29. The van der Waals surface area contributed by atoms with E-state index >= 15 is 0 Å². The van der Waals surface area contributed by atoms with Crippen molar-refractivity contribution < 1.29 is 0 Å². The van der Waals surface area contributed by atoms with Crippen molar-refractivity contribution in [3.05, 3.63) is 63.9 Å². The number of nitrogens with zero attached hydrogens (tertiary/aromatic N) is 6. The van der Waals surface area contributed by atoms with Gasteiger partial charge in [-0.1, -0.05) is 46.5 Å². The van der Waals surface area contributed by atoms with E-state index in [2.05, 4.69) is 55.2 Å². The van der Waals surface area contributed by atoms with Crippen LogP contribution in [0.4, 0.5) is 0 Å². The van der Waals surface area contributed by atoms with Gasteiger partial charge in [0, 0.05) is 31.1 Å². The van der Waals surface area contributed by atoms with Gasteiger partial charge in [-0.25, -0.2) is 4.98 Å². The molecule has 4 heterocycles. The largest absolute Gasteiger partial charge is 0.315 e. The summed E-state index contributed by atoms with van der Waals surface area (Å²) in [4.78, 5) is 7.69. The molecule has 2 aromatic heterocycles. The third-order valence-corrected chi connectivity index (χ3v) is 8.35. The third-order valence-electron chi connectivity index (χ3n) is 7.61. The average molecular weight is 526 g/mol. The highest BCUT2D eigenvalue weighted by molar-refractivity contribution is 6.42. The summed E-state index contributed by atoms with van der Waals surface area (Å²) >= 11 is 12.6. The average Bonchev–Trinajstić information content (AvgIpc) is 3.62. The van der Waals surface area contributed by atoms with Crippen LogP contribution < -0.4 is 10.6 Å². The van der Waals surface area contributed by atoms with Crippen molar-refractivity contribution in [1.29, 1.82) is 0 Å². The topological polar surface area (TPSA) is 99.6 Å². The molecular formula is C25H29Cl2N9. The summed E-state index contributed by atoms with van der Waals surface area (Å²) in [6.07, 6.45) is 2.12. The molecule has 6 rings (SSSR count). The van der Waals surface area contributed by atoms with Crippen molar-refractivity contribution >= 4 is 34.2 Å². The zero-order valence-corrected chi connectivity index (χ0v) is 21.5. The first-order chi connectivity index (χ1) is 17.6. The molecular weight excluding hydrogens is 497 g/mol. The second-order valence-electron chi connectivity index (χ2n) is 9.61. The zero-order chi connectivity index (χ0) is 24.6. The van der Waals surface area contributed by atoms with Gasteiger partial charge in [0.1, 0.15) is 5.82 Å². The van der Waals surface area contributed by atoms with Gasteiger partial charge >= 0.3 is 0 Å². The van der Waals surface area contributed by atoms with Gasteiger partial charge in [-0.2, -0.15) is 5.21 Å². The molecule has 4 atom stereocenters. The monoisotopic (exact) mass is 525 g/mol. The number of hydrogen-bond acceptors (Lipinski definition) is 7. The minimum atomic E-state index is 0.0326. The number of hydrogen-bond donors (Lipinski definition) is 3. The number of aromatic amines is 1. The smallest absolute Gasteiger partial charge is 0.275 e. The van der Waals surface area contributed by atoms with E-state index in [0.29, 0.717) is 21.9 Å². The van der Waals surface area contributed by atoms with Crippen molar-refractivity contribution in [3.8, 4) is 5.95 Å². The number of imidazole rings is 1. The second kappa shape index (κ2) is 10.1. The molecule has 0 bridgehead atoms. The summed E-state index contributed by atoms with van der Waals surface area (Å²) in [6, 6.07) is 14.7. The lowest BCUT2D eigenvalue weighted by atomic mass is 9.87. The quantitative estimate of drug-likeness (QED) is 0.365. The summed E-state index contributed by atoms with van der Waals surface area (Å²) in [6.45, 7) is 6.01. The Morgan fingerprint density at radius 2 is 1.97 bits per heavy atom. The van der Waals surface area contributed by atoms with Gasteiger partial charge in [0.15, 0.2) is 0 Å². The lowest BCUT2D eigenvalue weighted by molar-refractivity contribution is 0.118. The Morgan fingerprint density at radius 3 is 2.81 bits per heavy atom. The van der Waals surface area contributed by atoms with Crippen LogP contribution in [0.1, 0.15) is 43.1 Å². The lowest BCUT2D eigenvalue weighted by Crippen LogP contribution is -2.50. The van der Waals surface area contributed by atoms with E-state index in [-0.39, 0.29) is 18.1 Å². The Bertz CT molecular complexity index is 1340. The van der Waals surface area contributed by atoms with E-state index < -0.39 is 0 Å². The van der Waals surface area contributed by atoms with Gasteiger partial charge in [0.25, 0.3) is 5.95 Å². The maximum absolute atomic E-state index is 6.40. The molecule has 2 aliphatic rings. The first kappa shape index (κ1) is 23.8. The van der Waals surface area contributed by atoms with Crippen LogP contribution in [-0.2, 0) is 0 Å². The van der Waals surface area contributed by atoms with Crippen LogP contribution >= 0.6 is 23.2 Å². The van der Waals surface area contributed by atoms with Crippen LogP contribution in [0.25, 0.3) is 17.0 Å². The molecule has 0 spiro atoms. The summed E-state index contributed by atoms with van der Waals surface area (Å²) < 4.78 is 2.04. The summed E-state index contributed by atoms with van der Waals surface area (Å²) in [5, 5.41) is 23.7. The van der Waals surface area contributed by atoms with E-state index in [1.165, 1.54) is 5.56 Å². The molecule has 0 amide bonds. The van der Waals surface area contributed by atoms with Crippen molar-refractivity contribution in [3.63, 3.8) is 0 Å². The highest BCUT2D eigenvalue weighted by atomic mass is 35.5. The van der Waals surface area contributed by atoms with Crippen molar-refractivity contribution in [2.45, 2.75) is 43.8 Å². The number of nitrogens with one attached hydrogen (secondary N) is 3. The predicted octanol–water partition coefficient (Wildman–Crippen LogP) is 3.72. The maximum atomic E-state index is 6.40. The standard InChI is InChI=1S/C25H29Cl2N9/c1-15(23-17(9-11-29-23)16-7-8-18(26)19(27)13-16)35-12-4-10-28-14-22(35)24-30-20-5-2-3-6-21(20)36(24)25-31-33-34-32-25/h2-3,5-8,13,15,17,22-23,28-29H,4,9-12,14H2,1H3,(H,31,32,33,34). The van der Waals surface area contributed by atoms with E-state index in [0.717, 1.165) is 55.9 Å². The number of benzene rings is 2. The number of para-hydroxylation sites is 2. The minimum absolute atomic E-state index is 0.0326. The first-order valence-corrected chi connectivity index (χ1v) is 13.2. The second-order valence-corrected chi connectivity index (χ2v) is 10.4. The molecule has 2 saturated heterocycles. The van der Waals surface area contributed by atoms with Gasteiger partial charge < -0.3 is 10.6 Å². The van der Waals surface area contributed by atoms with Gasteiger partial charge in [-0.15, -0.1) is 5.10 Å². The molecule has 4 unspecified atom stereocenters. The van der Waals surface area contributed by atoms with Crippen LogP contribution in [0, 0.1) is 0 Å². The predicted molar refractivity (Wildman–Crippen MR) is 141 cm³/mol. The summed E-state index contributed by atoms with van der Waals surface area (Å²) in [5.41, 5.74) is 3.12. The molecule has 2 fully saturated rings.